The summed E-state index contributed by atoms with van der Waals surface area (Å²) in [4.78, 5) is 4.47. The number of allylic oxidation sites excluding steroid dienone is 1. The van der Waals surface area contributed by atoms with Crippen molar-refractivity contribution in [1.29, 1.82) is 0 Å². The fourth-order valence-electron chi connectivity index (χ4n) is 2.30. The molecule has 0 atom stereocenters. The lowest BCUT2D eigenvalue weighted by Crippen LogP contribution is -2.01. The van der Waals surface area contributed by atoms with Gasteiger partial charge in [-0.25, -0.2) is 0 Å². The summed E-state index contributed by atoms with van der Waals surface area (Å²) < 4.78 is 3.40. The van der Waals surface area contributed by atoms with Gasteiger partial charge in [-0.15, -0.1) is 11.7 Å². The van der Waals surface area contributed by atoms with Crippen molar-refractivity contribution >= 4 is 27.8 Å². The average molecular weight is 251 g/mol. The first-order valence-corrected chi connectivity index (χ1v) is 5.83. The summed E-state index contributed by atoms with van der Waals surface area (Å²) in [6, 6.07) is 8.02. The van der Waals surface area contributed by atoms with Gasteiger partial charge in [-0.2, -0.15) is 4.98 Å². The van der Waals surface area contributed by atoms with Crippen LogP contribution in [0.15, 0.2) is 36.9 Å². The van der Waals surface area contributed by atoms with Gasteiger partial charge in [-0.3, -0.25) is 0 Å². The highest BCUT2D eigenvalue weighted by Crippen LogP contribution is 2.25. The predicted octanol–water partition coefficient (Wildman–Crippen LogP) is 1.21. The van der Waals surface area contributed by atoms with Crippen molar-refractivity contribution in [2.24, 2.45) is 0 Å². The summed E-state index contributed by atoms with van der Waals surface area (Å²) >= 11 is 0. The van der Waals surface area contributed by atoms with E-state index < -0.39 is 0 Å². The molecule has 0 fully saturated rings. The third kappa shape index (κ3) is 1.29. The number of rotatable bonds is 2. The molecule has 0 aliphatic heterocycles. The van der Waals surface area contributed by atoms with E-state index in [1.165, 1.54) is 4.63 Å². The Morgan fingerprint density at radius 2 is 2.16 bits per heavy atom. The molecule has 0 spiro atoms. The third-order valence-electron chi connectivity index (χ3n) is 3.07. The topological polar surface area (TPSA) is 73.8 Å². The normalized spacial score (nSPS) is 11.6. The monoisotopic (exact) mass is 251 g/mol. The molecule has 0 aliphatic carbocycles. The molecule has 0 aliphatic rings. The van der Waals surface area contributed by atoms with Crippen LogP contribution >= 0.6 is 0 Å². The molecule has 92 valence electrons. The molecule has 7 nitrogen and oxygen atoms in total. The quantitative estimate of drug-likeness (QED) is 0.500. The maximum Gasteiger partial charge on any atom is 0.293 e. The van der Waals surface area contributed by atoms with Crippen molar-refractivity contribution in [3.63, 3.8) is 0 Å². The summed E-state index contributed by atoms with van der Waals surface area (Å²) in [6.07, 6.45) is 1.83. The van der Waals surface area contributed by atoms with E-state index in [2.05, 4.69) is 36.8 Å². The predicted molar refractivity (Wildman–Crippen MR) is 69.6 cm³/mol. The Hall–Kier alpha value is -2.83. The lowest BCUT2D eigenvalue weighted by Gasteiger charge is -2.01. The molecule has 0 amide bonds. The van der Waals surface area contributed by atoms with Crippen LogP contribution in [0.4, 0.5) is 0 Å². The van der Waals surface area contributed by atoms with Crippen molar-refractivity contribution in [2.75, 3.05) is 0 Å². The summed E-state index contributed by atoms with van der Waals surface area (Å²) in [5, 5.41) is 16.6. The zero-order valence-corrected chi connectivity index (χ0v) is 9.93. The van der Waals surface area contributed by atoms with E-state index in [1.54, 1.807) is 0 Å². The van der Waals surface area contributed by atoms with Crippen LogP contribution in [0.5, 0.6) is 0 Å². The molecular weight excluding hydrogens is 242 g/mol. The standard InChI is InChI=1S/C12H9N7/c1-2-7-18-9-6-4-3-5-8(9)10-11(18)13-12-14-16-17-19(12)15-10/h2-6H,1,7H2. The molecule has 19 heavy (non-hydrogen) atoms. The average Bonchev–Trinajstić information content (AvgIpc) is 3.01. The maximum absolute atomic E-state index is 4.47. The number of fused-ring (bicyclic) bond motifs is 4. The summed E-state index contributed by atoms with van der Waals surface area (Å²) in [5.41, 5.74) is 2.62. The van der Waals surface area contributed by atoms with Crippen molar-refractivity contribution in [3.05, 3.63) is 36.9 Å². The van der Waals surface area contributed by atoms with Crippen molar-refractivity contribution in [2.45, 2.75) is 6.54 Å². The summed E-state index contributed by atoms with van der Waals surface area (Å²) in [5.74, 6) is 0.389. The first kappa shape index (κ1) is 10.1. The van der Waals surface area contributed by atoms with Crippen molar-refractivity contribution < 1.29 is 0 Å². The second-order valence-corrected chi connectivity index (χ2v) is 4.17. The van der Waals surface area contributed by atoms with Gasteiger partial charge < -0.3 is 4.57 Å². The van der Waals surface area contributed by atoms with E-state index in [0.717, 1.165) is 22.1 Å². The van der Waals surface area contributed by atoms with Crippen LogP contribution in [0.25, 0.3) is 27.8 Å². The molecule has 0 saturated heterocycles. The van der Waals surface area contributed by atoms with Gasteiger partial charge in [0.2, 0.25) is 0 Å². The minimum Gasteiger partial charge on any atom is -0.320 e. The Morgan fingerprint density at radius 3 is 3.05 bits per heavy atom. The lowest BCUT2D eigenvalue weighted by atomic mass is 10.2. The molecular formula is C12H9N7. The number of hydrogen-bond acceptors (Lipinski definition) is 5. The van der Waals surface area contributed by atoms with Gasteiger partial charge in [0.05, 0.1) is 5.52 Å². The molecule has 0 radical (unpaired) electrons. The Balaban J connectivity index is 2.26. The molecule has 0 saturated carbocycles. The van der Waals surface area contributed by atoms with Crippen LogP contribution in [-0.2, 0) is 6.54 Å². The molecule has 4 rings (SSSR count). The smallest absolute Gasteiger partial charge is 0.293 e. The Morgan fingerprint density at radius 1 is 1.26 bits per heavy atom. The minimum absolute atomic E-state index is 0.389. The van der Waals surface area contributed by atoms with Crippen molar-refractivity contribution in [1.82, 2.24) is 34.8 Å². The van der Waals surface area contributed by atoms with Gasteiger partial charge in [-0.1, -0.05) is 34.0 Å². The third-order valence-corrected chi connectivity index (χ3v) is 3.07. The number of tetrazole rings is 1. The highest BCUT2D eigenvalue weighted by atomic mass is 15.6. The molecule has 3 heterocycles. The molecule has 0 unspecified atom stereocenters. The summed E-state index contributed by atoms with van der Waals surface area (Å²) in [7, 11) is 0. The largest absolute Gasteiger partial charge is 0.320 e. The number of benzene rings is 1. The van der Waals surface area contributed by atoms with Gasteiger partial charge in [0.1, 0.15) is 5.52 Å². The van der Waals surface area contributed by atoms with Gasteiger partial charge >= 0.3 is 0 Å². The number of para-hydroxylation sites is 1. The zero-order valence-electron chi connectivity index (χ0n) is 9.93. The zero-order chi connectivity index (χ0) is 12.8. The number of hydrogen-bond donors (Lipinski definition) is 0. The van der Waals surface area contributed by atoms with Gasteiger partial charge in [0.15, 0.2) is 5.65 Å². The first-order valence-electron chi connectivity index (χ1n) is 5.83. The van der Waals surface area contributed by atoms with Crippen LogP contribution < -0.4 is 0 Å². The Labute approximate surface area is 107 Å². The van der Waals surface area contributed by atoms with Crippen LogP contribution in [0.3, 0.4) is 0 Å². The first-order chi connectivity index (χ1) is 9.38. The SMILES string of the molecule is C=CCn1c2ccccc2c2nn3nnnc3nc21. The highest BCUT2D eigenvalue weighted by molar-refractivity contribution is 6.04. The van der Waals surface area contributed by atoms with E-state index in [9.17, 15) is 0 Å². The number of nitrogens with zero attached hydrogens (tertiary/aromatic N) is 7. The molecule has 0 bridgehead atoms. The number of aromatic nitrogens is 7. The molecule has 4 aromatic rings. The lowest BCUT2D eigenvalue weighted by molar-refractivity contribution is 0.738. The second-order valence-electron chi connectivity index (χ2n) is 4.17. The van der Waals surface area contributed by atoms with Gasteiger partial charge in [0.25, 0.3) is 5.78 Å². The molecule has 3 aromatic heterocycles. The molecule has 0 N–H and O–H groups in total. The second kappa shape index (κ2) is 3.58. The van der Waals surface area contributed by atoms with E-state index in [1.807, 2.05) is 30.3 Å². The Kier molecular flexibility index (Phi) is 1.91. The van der Waals surface area contributed by atoms with E-state index in [0.29, 0.717) is 12.3 Å². The molecule has 7 heteroatoms. The van der Waals surface area contributed by atoms with E-state index >= 15 is 0 Å². The fourth-order valence-corrected chi connectivity index (χ4v) is 2.30. The molecule has 1 aromatic carbocycles. The van der Waals surface area contributed by atoms with Gasteiger partial charge in [0, 0.05) is 11.9 Å². The van der Waals surface area contributed by atoms with Crippen LogP contribution in [0.1, 0.15) is 0 Å². The van der Waals surface area contributed by atoms with E-state index in [-0.39, 0.29) is 0 Å². The van der Waals surface area contributed by atoms with Gasteiger partial charge in [-0.05, 0) is 16.5 Å². The van der Waals surface area contributed by atoms with Crippen LogP contribution in [0.2, 0.25) is 0 Å². The highest BCUT2D eigenvalue weighted by Gasteiger charge is 2.14. The van der Waals surface area contributed by atoms with Crippen LogP contribution in [0, 0.1) is 0 Å². The Bertz CT molecular complexity index is 918. The minimum atomic E-state index is 0.389. The summed E-state index contributed by atoms with van der Waals surface area (Å²) in [6.45, 7) is 4.45. The van der Waals surface area contributed by atoms with E-state index in [4.69, 9.17) is 0 Å². The maximum atomic E-state index is 4.47. The van der Waals surface area contributed by atoms with Crippen LogP contribution in [-0.4, -0.2) is 34.8 Å². The van der Waals surface area contributed by atoms with Crippen molar-refractivity contribution in [3.8, 4) is 0 Å². The fraction of sp³-hybridized carbons (Fsp3) is 0.0833.